The van der Waals surface area contributed by atoms with Gasteiger partial charge in [-0.05, 0) is 131 Å². The first-order chi connectivity index (χ1) is 31.7. The highest BCUT2D eigenvalue weighted by Crippen LogP contribution is 2.32. The molecule has 15 heteroatoms. The summed E-state index contributed by atoms with van der Waals surface area (Å²) >= 11 is 0. The Morgan fingerprint density at radius 3 is 1.68 bits per heavy atom. The Kier molecular flexibility index (Phi) is 16.0. The summed E-state index contributed by atoms with van der Waals surface area (Å²) in [5.74, 6) is -1.58. The molecule has 2 aliphatic heterocycles. The van der Waals surface area contributed by atoms with Crippen LogP contribution < -0.4 is 9.47 Å². The maximum atomic E-state index is 13.3. The number of halogens is 2. The van der Waals surface area contributed by atoms with Crippen molar-refractivity contribution in [3.8, 4) is 22.9 Å². The van der Waals surface area contributed by atoms with Crippen molar-refractivity contribution in [1.29, 1.82) is 0 Å². The van der Waals surface area contributed by atoms with Crippen molar-refractivity contribution in [1.82, 2.24) is 28.9 Å². The number of aliphatic carboxylic acids is 1. The van der Waals surface area contributed by atoms with Crippen molar-refractivity contribution in [2.75, 3.05) is 27.3 Å². The van der Waals surface area contributed by atoms with E-state index in [9.17, 15) is 28.0 Å². The first-order valence-electron chi connectivity index (χ1n) is 21.6. The van der Waals surface area contributed by atoms with Gasteiger partial charge in [-0.2, -0.15) is 0 Å². The summed E-state index contributed by atoms with van der Waals surface area (Å²) in [6.07, 6.45) is 12.7. The minimum atomic E-state index is -1.07. The van der Waals surface area contributed by atoms with Crippen LogP contribution in [0, 0.1) is 31.4 Å². The van der Waals surface area contributed by atoms with Gasteiger partial charge in [0, 0.05) is 36.6 Å². The Labute approximate surface area is 382 Å². The molecular weight excluding hydrogens is 847 g/mol. The molecule has 0 bridgehead atoms. The van der Waals surface area contributed by atoms with E-state index in [0.29, 0.717) is 43.0 Å². The van der Waals surface area contributed by atoms with E-state index >= 15 is 0 Å². The molecule has 66 heavy (non-hydrogen) atoms. The van der Waals surface area contributed by atoms with Crippen LogP contribution in [0.1, 0.15) is 90.1 Å². The van der Waals surface area contributed by atoms with E-state index in [1.54, 1.807) is 68.2 Å². The first kappa shape index (κ1) is 48.0. The summed E-state index contributed by atoms with van der Waals surface area (Å²) in [7, 11) is 3.22. The van der Waals surface area contributed by atoms with Crippen LogP contribution in [0.3, 0.4) is 0 Å². The number of hydrogen-bond acceptors (Lipinski definition) is 8. The summed E-state index contributed by atoms with van der Waals surface area (Å²) in [6, 6.07) is 23.1. The van der Waals surface area contributed by atoms with Gasteiger partial charge in [0.2, 0.25) is 11.8 Å². The predicted molar refractivity (Wildman–Crippen MR) is 246 cm³/mol. The van der Waals surface area contributed by atoms with Crippen molar-refractivity contribution in [2.45, 2.75) is 65.5 Å². The molecule has 344 valence electrons. The molecule has 2 aromatic heterocycles. The molecule has 1 unspecified atom stereocenters. The summed E-state index contributed by atoms with van der Waals surface area (Å²) in [5.41, 5.74) is 7.64. The predicted octanol–water partition coefficient (Wildman–Crippen LogP) is 9.31. The number of imidazole rings is 2. The van der Waals surface area contributed by atoms with Gasteiger partial charge in [0.15, 0.2) is 0 Å². The molecule has 1 N–H and O–H groups in total. The zero-order chi connectivity index (χ0) is 47.5. The number of piperidine rings is 2. The lowest BCUT2D eigenvalue weighted by atomic mass is 9.94. The second kappa shape index (κ2) is 22.0. The number of ether oxygens (including phenoxy) is 2. The Morgan fingerprint density at radius 1 is 0.727 bits per heavy atom. The van der Waals surface area contributed by atoms with Crippen molar-refractivity contribution in [3.05, 3.63) is 161 Å². The third kappa shape index (κ3) is 11.6. The van der Waals surface area contributed by atoms with Crippen LogP contribution in [0.15, 0.2) is 116 Å². The molecule has 2 aliphatic rings. The molecule has 4 aromatic carbocycles. The fraction of sp³-hybridized carbons (Fsp3) is 0.294. The first-order valence-corrected chi connectivity index (χ1v) is 21.6. The second-order valence-electron chi connectivity index (χ2n) is 16.1. The van der Waals surface area contributed by atoms with Gasteiger partial charge >= 0.3 is 5.97 Å². The highest BCUT2D eigenvalue weighted by molar-refractivity contribution is 5.99. The van der Waals surface area contributed by atoms with Gasteiger partial charge in [0.25, 0.3) is 0 Å². The summed E-state index contributed by atoms with van der Waals surface area (Å²) in [5, 5.41) is 9.02. The van der Waals surface area contributed by atoms with Crippen LogP contribution in [0.4, 0.5) is 8.78 Å². The average Bonchev–Trinajstić information content (AvgIpc) is 3.97. The highest BCUT2D eigenvalue weighted by Gasteiger charge is 2.36. The van der Waals surface area contributed by atoms with Crippen molar-refractivity contribution in [2.24, 2.45) is 5.92 Å². The number of carbonyl (C=O) groups is 4. The summed E-state index contributed by atoms with van der Waals surface area (Å²) < 4.78 is 40.8. The fourth-order valence-corrected chi connectivity index (χ4v) is 7.98. The second-order valence-corrected chi connectivity index (χ2v) is 16.1. The Morgan fingerprint density at radius 2 is 1.21 bits per heavy atom. The van der Waals surface area contributed by atoms with Crippen molar-refractivity contribution in [3.63, 3.8) is 0 Å². The number of carboxylic acid groups (broad SMARTS) is 1. The van der Waals surface area contributed by atoms with Crippen LogP contribution in [0.5, 0.6) is 11.5 Å². The molecule has 3 atom stereocenters. The van der Waals surface area contributed by atoms with Crippen LogP contribution in [0.2, 0.25) is 0 Å². The average molecular weight is 901 g/mol. The number of nitrogens with zero attached hydrogens (tertiary/aromatic N) is 6. The molecule has 0 spiro atoms. The van der Waals surface area contributed by atoms with Crippen LogP contribution in [-0.4, -0.2) is 85.4 Å². The van der Waals surface area contributed by atoms with Gasteiger partial charge in [-0.1, -0.05) is 30.3 Å². The number of aldehydes is 1. The molecule has 6 aromatic rings. The van der Waals surface area contributed by atoms with Gasteiger partial charge < -0.3 is 33.5 Å². The molecule has 2 saturated heterocycles. The lowest BCUT2D eigenvalue weighted by Crippen LogP contribution is -2.45. The van der Waals surface area contributed by atoms with Crippen molar-refractivity contribution < 1.29 is 42.5 Å². The zero-order valence-electron chi connectivity index (χ0n) is 37.9. The lowest BCUT2D eigenvalue weighted by Gasteiger charge is -2.35. The molecule has 8 rings (SSSR count). The van der Waals surface area contributed by atoms with E-state index in [0.717, 1.165) is 64.2 Å². The molecule has 2 fully saturated rings. The third-order valence-electron chi connectivity index (χ3n) is 11.7. The maximum absolute atomic E-state index is 13.3. The van der Waals surface area contributed by atoms with E-state index in [2.05, 4.69) is 9.97 Å². The number of methoxy groups -OCH3 is 2. The summed E-state index contributed by atoms with van der Waals surface area (Å²) in [4.78, 5) is 58.8. The molecule has 2 amide bonds. The van der Waals surface area contributed by atoms with E-state index in [4.69, 9.17) is 14.6 Å². The number of aryl methyl sites for hydroxylation is 2. The minimum absolute atomic E-state index is 0.0244. The molecule has 0 radical (unpaired) electrons. The van der Waals surface area contributed by atoms with E-state index in [1.807, 2.05) is 84.5 Å². The number of carbonyl (C=O) groups excluding carboxylic acids is 3. The van der Waals surface area contributed by atoms with Gasteiger partial charge in [0.1, 0.15) is 35.3 Å². The number of rotatable bonds is 11. The van der Waals surface area contributed by atoms with Crippen molar-refractivity contribution >= 4 is 30.1 Å². The largest absolute Gasteiger partial charge is 0.495 e. The Balaban J connectivity index is 0.000000176. The number of hydrogen-bond donors (Lipinski definition) is 1. The number of aromatic nitrogens is 4. The normalized spacial score (nSPS) is 16.4. The number of amides is 2. The van der Waals surface area contributed by atoms with E-state index < -0.39 is 11.9 Å². The minimum Gasteiger partial charge on any atom is -0.495 e. The van der Waals surface area contributed by atoms with Gasteiger partial charge in [-0.15, -0.1) is 0 Å². The lowest BCUT2D eigenvalue weighted by molar-refractivity contribution is -0.155. The van der Waals surface area contributed by atoms with Crippen LogP contribution >= 0.6 is 0 Å². The monoisotopic (exact) mass is 900 g/mol. The number of carboxylic acids is 1. The highest BCUT2D eigenvalue weighted by atomic mass is 19.1. The van der Waals surface area contributed by atoms with E-state index in [-0.39, 0.29) is 35.5 Å². The quantitative estimate of drug-likeness (QED) is 0.0763. The Bertz CT molecular complexity index is 2680. The van der Waals surface area contributed by atoms with E-state index in [1.165, 1.54) is 24.3 Å². The smallest absolute Gasteiger partial charge is 0.316 e. The Hall–Kier alpha value is -7.42. The molecule has 13 nitrogen and oxygen atoms in total. The number of benzene rings is 4. The fourth-order valence-electron chi connectivity index (χ4n) is 7.98. The van der Waals surface area contributed by atoms with Crippen LogP contribution in [0.25, 0.3) is 17.5 Å². The molecule has 0 aliphatic carbocycles. The molecule has 4 heterocycles. The molecule has 0 saturated carbocycles. The molecular formula is C51H54F2N6O7. The number of likely N-dealkylation sites (tertiary alicyclic amines) is 2. The third-order valence-corrected chi connectivity index (χ3v) is 11.7. The topological polar surface area (TPSA) is 149 Å². The van der Waals surface area contributed by atoms with Gasteiger partial charge in [0.05, 0.1) is 61.7 Å². The zero-order valence-corrected chi connectivity index (χ0v) is 37.9. The van der Waals surface area contributed by atoms with Gasteiger partial charge in [-0.3, -0.25) is 19.2 Å². The standard InChI is InChI=1S/C25H26FN3O2.C14H16FNO3.C12H12N2O2/c1-17-15-28(16-27-17)23-11-6-19(14-24(23)31-3)13-21-5-4-12-29(25(21)30)18(2)20-7-9-22(26)10-8-20;1-9(10-4-6-11(15)7-5-10)16-8-2-3-12(13(16)17)14(18)19;1-9-6-14(8-13-9)11-4-3-10(7-15)5-12(11)16-2/h6-11,13-16,18H,4-5,12H2,1-3H3;4-7,9,12H,2-3,8H2,1H3,(H,18,19);3-8H,1-2H3/b21-13+;;/t18-;9-,12?;/m00./s1. The SMILES string of the molecule is COc1cc(/C=C2\CCCN([C@@H](C)c3ccc(F)cc3)C2=O)ccc1-n1cnc(C)c1.COc1cc(C=O)ccc1-n1cnc(C)c1.C[C@@H](c1ccc(F)cc1)N1CCCC(C(=O)O)C1=O. The maximum Gasteiger partial charge on any atom is 0.316 e. The van der Waals surface area contributed by atoms with Crippen LogP contribution in [-0.2, 0) is 14.4 Å². The van der Waals surface area contributed by atoms with Gasteiger partial charge in [-0.25, -0.2) is 18.7 Å². The summed E-state index contributed by atoms with van der Waals surface area (Å²) in [6.45, 7) is 8.91.